The van der Waals surface area contributed by atoms with E-state index in [0.29, 0.717) is 0 Å². The monoisotopic (exact) mass is 424 g/mol. The van der Waals surface area contributed by atoms with E-state index in [4.69, 9.17) is 0 Å². The molecule has 0 saturated heterocycles. The lowest BCUT2D eigenvalue weighted by Crippen LogP contribution is -2.39. The maximum absolute atomic E-state index is 13.0. The van der Waals surface area contributed by atoms with E-state index in [2.05, 4.69) is 5.10 Å². The third kappa shape index (κ3) is 2.70. The van der Waals surface area contributed by atoms with Crippen LogP contribution >= 0.6 is 0 Å². The molecule has 0 spiro atoms. The molecule has 0 unspecified atom stereocenters. The van der Waals surface area contributed by atoms with E-state index in [0.717, 1.165) is 16.7 Å². The molecule has 4 aromatic carbocycles. The number of phenols is 3. The Hall–Kier alpha value is -4.45. The SMILES string of the molecule is O=c1[nH]n(C(c2ccccc2)(c2ccccc2)c2ccccc2)c2cc(O)c(O)c(O)c12. The zero-order valence-corrected chi connectivity index (χ0v) is 16.9. The van der Waals surface area contributed by atoms with E-state index >= 15 is 0 Å². The van der Waals surface area contributed by atoms with E-state index in [1.54, 1.807) is 4.68 Å². The summed E-state index contributed by atoms with van der Waals surface area (Å²) in [7, 11) is 0. The highest BCUT2D eigenvalue weighted by molar-refractivity contribution is 5.90. The lowest BCUT2D eigenvalue weighted by Gasteiger charge is -2.37. The zero-order chi connectivity index (χ0) is 22.3. The van der Waals surface area contributed by atoms with E-state index in [-0.39, 0.29) is 10.9 Å². The van der Waals surface area contributed by atoms with Crippen molar-refractivity contribution in [2.75, 3.05) is 0 Å². The van der Waals surface area contributed by atoms with Gasteiger partial charge in [-0.3, -0.25) is 14.6 Å². The lowest BCUT2D eigenvalue weighted by atomic mass is 9.77. The third-order valence-corrected chi connectivity index (χ3v) is 5.82. The molecule has 1 aromatic heterocycles. The van der Waals surface area contributed by atoms with Crippen molar-refractivity contribution in [3.63, 3.8) is 0 Å². The fraction of sp³-hybridized carbons (Fsp3) is 0.0385. The quantitative estimate of drug-likeness (QED) is 0.256. The molecule has 4 N–H and O–H groups in total. The largest absolute Gasteiger partial charge is 0.504 e. The summed E-state index contributed by atoms with van der Waals surface area (Å²) in [4.78, 5) is 13.0. The van der Waals surface area contributed by atoms with Crippen molar-refractivity contribution in [2.45, 2.75) is 5.54 Å². The fourth-order valence-corrected chi connectivity index (χ4v) is 4.44. The van der Waals surface area contributed by atoms with Crippen LogP contribution < -0.4 is 5.56 Å². The minimum Gasteiger partial charge on any atom is -0.504 e. The van der Waals surface area contributed by atoms with Gasteiger partial charge in [0.1, 0.15) is 10.9 Å². The normalized spacial score (nSPS) is 11.6. The van der Waals surface area contributed by atoms with Crippen molar-refractivity contribution in [3.8, 4) is 17.2 Å². The number of aromatic nitrogens is 2. The zero-order valence-electron chi connectivity index (χ0n) is 16.9. The summed E-state index contributed by atoms with van der Waals surface area (Å²) in [6.45, 7) is 0. The maximum atomic E-state index is 13.0. The maximum Gasteiger partial charge on any atom is 0.275 e. The summed E-state index contributed by atoms with van der Waals surface area (Å²) in [5.74, 6) is -1.92. The van der Waals surface area contributed by atoms with Gasteiger partial charge in [0.15, 0.2) is 11.5 Å². The number of benzene rings is 4. The second-order valence-electron chi connectivity index (χ2n) is 7.57. The second kappa shape index (κ2) is 7.35. The van der Waals surface area contributed by atoms with Crippen LogP contribution in [-0.2, 0) is 5.54 Å². The number of rotatable bonds is 4. The molecule has 0 fully saturated rings. The van der Waals surface area contributed by atoms with Crippen LogP contribution in [0.3, 0.4) is 0 Å². The van der Waals surface area contributed by atoms with Crippen molar-refractivity contribution >= 4 is 10.9 Å². The topological polar surface area (TPSA) is 98.5 Å². The summed E-state index contributed by atoms with van der Waals surface area (Å²) in [5.41, 5.74) is 1.20. The van der Waals surface area contributed by atoms with Crippen molar-refractivity contribution in [3.05, 3.63) is 124 Å². The minimum atomic E-state index is -1.04. The molecule has 6 heteroatoms. The van der Waals surface area contributed by atoms with Crippen LogP contribution in [0, 0.1) is 0 Å². The standard InChI is InChI=1S/C26H20N2O4/c29-21-16-20-22(24(31)23(21)30)25(32)27-28(20)26(17-10-4-1-5-11-17,18-12-6-2-7-13-18)19-14-8-3-9-15-19/h1-16,29-31H,(H,27,32). The summed E-state index contributed by atoms with van der Waals surface area (Å²) >= 11 is 0. The van der Waals surface area contributed by atoms with Gasteiger partial charge in [0.2, 0.25) is 5.75 Å². The number of nitrogens with one attached hydrogen (secondary N) is 1. The summed E-state index contributed by atoms with van der Waals surface area (Å²) in [6.07, 6.45) is 0. The van der Waals surface area contributed by atoms with Gasteiger partial charge >= 0.3 is 0 Å². The molecule has 0 amide bonds. The molecule has 6 nitrogen and oxygen atoms in total. The molecule has 32 heavy (non-hydrogen) atoms. The van der Waals surface area contributed by atoms with Gasteiger partial charge in [-0.2, -0.15) is 0 Å². The Morgan fingerprint density at radius 2 is 1.09 bits per heavy atom. The Bertz CT molecular complexity index is 1360. The van der Waals surface area contributed by atoms with E-state index in [1.807, 2.05) is 91.0 Å². The van der Waals surface area contributed by atoms with E-state index in [1.165, 1.54) is 6.07 Å². The van der Waals surface area contributed by atoms with Crippen LogP contribution in [0.15, 0.2) is 102 Å². The van der Waals surface area contributed by atoms with Crippen LogP contribution in [0.1, 0.15) is 16.7 Å². The van der Waals surface area contributed by atoms with Crippen molar-refractivity contribution in [1.82, 2.24) is 9.78 Å². The summed E-state index contributed by atoms with van der Waals surface area (Å²) in [6, 6.07) is 30.3. The van der Waals surface area contributed by atoms with Gasteiger partial charge in [-0.1, -0.05) is 91.0 Å². The number of hydrogen-bond donors (Lipinski definition) is 4. The van der Waals surface area contributed by atoms with Gasteiger partial charge < -0.3 is 15.3 Å². The molecule has 158 valence electrons. The van der Waals surface area contributed by atoms with E-state index < -0.39 is 28.3 Å². The van der Waals surface area contributed by atoms with Gasteiger partial charge in [-0.25, -0.2) is 0 Å². The number of aromatic amines is 1. The van der Waals surface area contributed by atoms with Crippen molar-refractivity contribution in [1.29, 1.82) is 0 Å². The second-order valence-corrected chi connectivity index (χ2v) is 7.57. The highest BCUT2D eigenvalue weighted by Crippen LogP contribution is 2.45. The number of H-pyrrole nitrogens is 1. The number of nitrogens with zero attached hydrogens (tertiary/aromatic N) is 1. The van der Waals surface area contributed by atoms with E-state index in [9.17, 15) is 20.1 Å². The van der Waals surface area contributed by atoms with Gasteiger partial charge in [0, 0.05) is 6.07 Å². The molecule has 0 saturated carbocycles. The molecule has 0 bridgehead atoms. The van der Waals surface area contributed by atoms with Crippen LogP contribution in [0.25, 0.3) is 10.9 Å². The molecule has 0 atom stereocenters. The summed E-state index contributed by atoms with van der Waals surface area (Å²) < 4.78 is 1.64. The molecule has 1 heterocycles. The fourth-order valence-electron chi connectivity index (χ4n) is 4.44. The predicted octanol–water partition coefficient (Wildman–Crippen LogP) is 4.29. The van der Waals surface area contributed by atoms with Crippen LogP contribution in [0.2, 0.25) is 0 Å². The molecule has 0 radical (unpaired) electrons. The molecule has 5 aromatic rings. The smallest absolute Gasteiger partial charge is 0.275 e. The van der Waals surface area contributed by atoms with Gasteiger partial charge in [0.05, 0.1) is 5.52 Å². The number of aromatic hydroxyl groups is 3. The Morgan fingerprint density at radius 1 is 0.656 bits per heavy atom. The van der Waals surface area contributed by atoms with Crippen molar-refractivity contribution < 1.29 is 15.3 Å². The highest BCUT2D eigenvalue weighted by atomic mass is 16.3. The first-order valence-electron chi connectivity index (χ1n) is 10.1. The average molecular weight is 424 g/mol. The average Bonchev–Trinajstić information content (AvgIpc) is 3.16. The Kier molecular flexibility index (Phi) is 4.48. The molecule has 5 rings (SSSR count). The van der Waals surface area contributed by atoms with Crippen LogP contribution in [-0.4, -0.2) is 25.1 Å². The predicted molar refractivity (Wildman–Crippen MR) is 122 cm³/mol. The Balaban J connectivity index is 2.03. The molecule has 0 aliphatic heterocycles. The van der Waals surface area contributed by atoms with Crippen LogP contribution in [0.4, 0.5) is 0 Å². The van der Waals surface area contributed by atoms with Crippen molar-refractivity contribution in [2.24, 2.45) is 0 Å². The minimum absolute atomic E-state index is 0.104. The van der Waals surface area contributed by atoms with Gasteiger partial charge in [-0.05, 0) is 16.7 Å². The molecular weight excluding hydrogens is 404 g/mol. The Morgan fingerprint density at radius 3 is 1.53 bits per heavy atom. The molecule has 0 aliphatic rings. The molecule has 0 aliphatic carbocycles. The first-order chi connectivity index (χ1) is 15.5. The van der Waals surface area contributed by atoms with Gasteiger partial charge in [-0.15, -0.1) is 0 Å². The first-order valence-corrected chi connectivity index (χ1v) is 10.1. The summed E-state index contributed by atoms with van der Waals surface area (Å²) in [5, 5.41) is 33.5. The first kappa shape index (κ1) is 19.5. The number of hydrogen-bond acceptors (Lipinski definition) is 4. The third-order valence-electron chi connectivity index (χ3n) is 5.82. The highest BCUT2D eigenvalue weighted by Gasteiger charge is 2.40. The molecular formula is C26H20N2O4. The van der Waals surface area contributed by atoms with Gasteiger partial charge in [0.25, 0.3) is 5.56 Å². The Labute approximate surface area is 183 Å². The van der Waals surface area contributed by atoms with Crippen LogP contribution in [0.5, 0.6) is 17.2 Å². The lowest BCUT2D eigenvalue weighted by molar-refractivity contribution is 0.371. The number of phenolic OH excluding ortho intramolecular Hbond substituents is 3. The number of fused-ring (bicyclic) bond motifs is 1.